The van der Waals surface area contributed by atoms with Crippen molar-refractivity contribution in [1.29, 1.82) is 0 Å². The predicted molar refractivity (Wildman–Crippen MR) is 440 cm³/mol. The third kappa shape index (κ3) is 23.5. The normalized spacial score (nSPS) is 17.8. The number of aromatic nitrogens is 3. The predicted octanol–water partition coefficient (Wildman–Crippen LogP) is 28.4. The van der Waals surface area contributed by atoms with E-state index in [1.807, 2.05) is 67.5 Å². The van der Waals surface area contributed by atoms with E-state index in [4.69, 9.17) is 50.0 Å². The van der Waals surface area contributed by atoms with Gasteiger partial charge in [0.15, 0.2) is 0 Å². The van der Waals surface area contributed by atoms with Crippen LogP contribution in [0.4, 0.5) is 107 Å². The molecule has 3 fully saturated rings. The van der Waals surface area contributed by atoms with E-state index in [-0.39, 0.29) is 103 Å². The smallest absolute Gasteiger partial charge is 0.416 e. The van der Waals surface area contributed by atoms with Crippen LogP contribution < -0.4 is 14.2 Å². The first kappa shape index (κ1) is 101. The molecule has 3 aliphatic rings. The molecule has 700 valence electrons. The summed E-state index contributed by atoms with van der Waals surface area (Å²) in [7, 11) is 4.18. The van der Waals surface area contributed by atoms with Gasteiger partial charge in [-0.2, -0.15) is 79.0 Å². The molecule has 3 aromatic heterocycles. The molecule has 9 aromatic rings. The number of methoxy groups -OCH3 is 3. The van der Waals surface area contributed by atoms with E-state index in [9.17, 15) is 107 Å². The van der Waals surface area contributed by atoms with E-state index < -0.39 is 159 Å². The van der Waals surface area contributed by atoms with Crippen LogP contribution in [-0.4, -0.2) is 87.4 Å². The Morgan fingerprint density at radius 2 is 0.646 bits per heavy atom. The molecule has 6 atom stereocenters. The molecule has 12 rings (SSSR count). The molecule has 0 bridgehead atoms. The van der Waals surface area contributed by atoms with Crippen LogP contribution in [0.3, 0.4) is 0 Å². The molecular formula is C93H90ClF21N6O9. The average molecular weight is 1870 g/mol. The van der Waals surface area contributed by atoms with Crippen LogP contribution in [0.1, 0.15) is 240 Å². The van der Waals surface area contributed by atoms with E-state index in [1.165, 1.54) is 60.3 Å². The minimum atomic E-state index is -5.04. The minimum Gasteiger partial charge on any atom is -0.496 e. The number of alkyl halides is 18. The van der Waals surface area contributed by atoms with E-state index in [0.29, 0.717) is 121 Å². The van der Waals surface area contributed by atoms with Crippen molar-refractivity contribution in [3.8, 4) is 50.6 Å². The highest BCUT2D eigenvalue weighted by molar-refractivity contribution is 6.29. The zero-order valence-electron chi connectivity index (χ0n) is 72.5. The number of rotatable bonds is 20. The largest absolute Gasteiger partial charge is 0.496 e. The maximum absolute atomic E-state index is 14.8. The highest BCUT2D eigenvalue weighted by Gasteiger charge is 2.46. The minimum absolute atomic E-state index is 0.0167. The molecule has 130 heavy (non-hydrogen) atoms. The third-order valence-corrected chi connectivity index (χ3v) is 22.4. The van der Waals surface area contributed by atoms with Crippen molar-refractivity contribution < 1.29 is 135 Å². The molecule has 3 amide bonds. The summed E-state index contributed by atoms with van der Waals surface area (Å²) < 4.78 is 319. The van der Waals surface area contributed by atoms with Gasteiger partial charge >= 0.3 is 55.3 Å². The van der Waals surface area contributed by atoms with Crippen LogP contribution >= 0.6 is 11.6 Å². The Morgan fingerprint density at radius 1 is 0.385 bits per heavy atom. The number of ether oxygens (including phenoxy) is 6. The van der Waals surface area contributed by atoms with Gasteiger partial charge in [-0.1, -0.05) is 85.7 Å². The van der Waals surface area contributed by atoms with Crippen LogP contribution in [-0.2, 0) is 70.9 Å². The van der Waals surface area contributed by atoms with Crippen LogP contribution in [0.15, 0.2) is 134 Å². The fraction of sp³-hybridized carbons (Fsp3) is 0.398. The molecular weight excluding hydrogens is 1780 g/mol. The molecule has 6 aromatic carbocycles. The average Bonchev–Trinajstić information content (AvgIpc) is 0.772. The number of allylic oxidation sites excluding steroid dienone is 1. The van der Waals surface area contributed by atoms with Crippen molar-refractivity contribution in [2.45, 2.75) is 219 Å². The number of hydrogen-bond donors (Lipinski definition) is 0. The van der Waals surface area contributed by atoms with Gasteiger partial charge in [0.2, 0.25) is 0 Å². The Hall–Kier alpha value is -11.5. The lowest BCUT2D eigenvalue weighted by atomic mass is 9.93. The standard InChI is InChI=1S/C32H33F7N2O3.C32H31F7N2O3.C29H26ClF7N2O3/c2*1-16(2)23-13-24(29(43-6)14-25(23)33)22-7-8-26(17(3)4)40-27(22)15-41-18(5)9-28(44-30(41)42)19-10-20(31(34,35)36)12-21(11-19)32(37,38)39;1-14(2)20-11-21(25(41-4)12-22(20)31)19-5-6-26(30)38-23(19)13-39-15(3)7-24(42-27(39)40)16-8-17(28(32,33)34)10-18(9-16)29(35,36)37/h7-8,10-14,16-18,28H,9,15H2,1-6H3;7-8,10-14,16,18,28H,3,9,15H2,1-2,4-6H3;5-6,8-12,14-15,24H,7,13H2,1-4H3/t2*18-,28?;15-,24?/m000/s1. The van der Waals surface area contributed by atoms with Gasteiger partial charge in [-0.3, -0.25) is 24.7 Å². The summed E-state index contributed by atoms with van der Waals surface area (Å²) in [5.41, 5.74) is -2.75. The second-order valence-electron chi connectivity index (χ2n) is 32.9. The highest BCUT2D eigenvalue weighted by atomic mass is 35.5. The topological polar surface area (TPSA) is 155 Å². The van der Waals surface area contributed by atoms with Crippen molar-refractivity contribution in [3.63, 3.8) is 0 Å². The maximum Gasteiger partial charge on any atom is 0.416 e. The van der Waals surface area contributed by atoms with E-state index in [1.54, 1.807) is 64.1 Å². The second-order valence-corrected chi connectivity index (χ2v) is 33.3. The first-order chi connectivity index (χ1) is 60.3. The van der Waals surface area contributed by atoms with Gasteiger partial charge in [0.05, 0.1) is 97.1 Å². The Balaban J connectivity index is 0.000000203. The molecule has 6 heterocycles. The number of halogens is 22. The van der Waals surface area contributed by atoms with Gasteiger partial charge < -0.3 is 28.4 Å². The fourth-order valence-electron chi connectivity index (χ4n) is 15.1. The third-order valence-electron chi connectivity index (χ3n) is 22.2. The molecule has 0 radical (unpaired) electrons. The molecule has 0 spiro atoms. The molecule has 3 saturated heterocycles. The van der Waals surface area contributed by atoms with Crippen LogP contribution in [0.2, 0.25) is 5.15 Å². The lowest BCUT2D eigenvalue weighted by Crippen LogP contribution is -2.44. The zero-order chi connectivity index (χ0) is 96.6. The first-order valence-corrected chi connectivity index (χ1v) is 40.9. The monoisotopic (exact) mass is 1870 g/mol. The lowest BCUT2D eigenvalue weighted by molar-refractivity contribution is -0.145. The van der Waals surface area contributed by atoms with Crippen molar-refractivity contribution in [2.24, 2.45) is 0 Å². The summed E-state index contributed by atoms with van der Waals surface area (Å²) in [4.78, 5) is 57.4. The number of nitrogens with zero attached hydrogens (tertiary/aromatic N) is 6. The Morgan fingerprint density at radius 3 is 0.892 bits per heavy atom. The summed E-state index contributed by atoms with van der Waals surface area (Å²) >= 11 is 6.16. The molecule has 37 heteroatoms. The quantitative estimate of drug-likeness (QED) is 0.0405. The molecule has 3 unspecified atom stereocenters. The summed E-state index contributed by atoms with van der Waals surface area (Å²) in [6.45, 7) is 25.0. The van der Waals surface area contributed by atoms with Gasteiger partial charge in [-0.15, -0.1) is 0 Å². The van der Waals surface area contributed by atoms with Crippen LogP contribution in [0.5, 0.6) is 17.2 Å². The zero-order valence-corrected chi connectivity index (χ0v) is 73.3. The van der Waals surface area contributed by atoms with Crippen molar-refractivity contribution >= 4 is 35.5 Å². The van der Waals surface area contributed by atoms with Gasteiger partial charge in [0.1, 0.15) is 58.2 Å². The number of benzene rings is 6. The molecule has 3 aliphatic heterocycles. The molecule has 0 N–H and O–H groups in total. The van der Waals surface area contributed by atoms with Crippen molar-refractivity contribution in [1.82, 2.24) is 29.7 Å². The Kier molecular flexibility index (Phi) is 30.4. The molecule has 0 saturated carbocycles. The number of carbonyl (C=O) groups is 3. The van der Waals surface area contributed by atoms with Gasteiger partial charge in [0, 0.05) is 94.7 Å². The van der Waals surface area contributed by atoms with Gasteiger partial charge in [-0.25, -0.2) is 32.5 Å². The van der Waals surface area contributed by atoms with Crippen molar-refractivity contribution in [3.05, 3.63) is 252 Å². The number of pyridine rings is 3. The van der Waals surface area contributed by atoms with Gasteiger partial charge in [-0.05, 0) is 187 Å². The maximum atomic E-state index is 14.8. The van der Waals surface area contributed by atoms with Crippen molar-refractivity contribution in [2.75, 3.05) is 21.3 Å². The summed E-state index contributed by atoms with van der Waals surface area (Å²) in [5.74, 6) is -1.10. The summed E-state index contributed by atoms with van der Waals surface area (Å²) in [6.07, 6.45) is -37.4. The fourth-order valence-corrected chi connectivity index (χ4v) is 15.3. The Bertz CT molecular complexity index is 5600. The first-order valence-electron chi connectivity index (χ1n) is 40.5. The van der Waals surface area contributed by atoms with E-state index in [0.717, 1.165) is 0 Å². The van der Waals surface area contributed by atoms with E-state index >= 15 is 0 Å². The van der Waals surface area contributed by atoms with E-state index in [2.05, 4.69) is 11.6 Å². The highest BCUT2D eigenvalue weighted by Crippen LogP contribution is 2.49. The number of cyclic esters (lactones) is 3. The lowest BCUT2D eigenvalue weighted by Gasteiger charge is -2.37. The summed E-state index contributed by atoms with van der Waals surface area (Å²) in [5, 5.41) is 0.0958. The molecule has 15 nitrogen and oxygen atoms in total. The second kappa shape index (κ2) is 39.3. The summed E-state index contributed by atoms with van der Waals surface area (Å²) in [6, 6.07) is 20.5. The van der Waals surface area contributed by atoms with Crippen LogP contribution in [0.25, 0.3) is 39.0 Å². The SMILES string of the molecule is C=C(C)c1ccc(-c2cc(C(C)C)c(F)cc2OC)c(CN2C(=O)OC(c3cc(C(F)(F)F)cc(C(F)(F)F)c3)C[C@@H]2C)n1.COc1cc(F)c(C(C)C)cc1-c1ccc(C(C)C)nc1CN1C(=O)OC(c2cc(C(F)(F)F)cc(C(F)(F)F)c2)C[C@@H]1C.COc1cc(F)c(C(C)C)cc1-c1ccc(Cl)nc1CN1C(=O)OC(c2cc(C(F)(F)F)cc(C(F)(F)F)c2)C[C@@H]1C. The number of hydrogen-bond acceptors (Lipinski definition) is 12. The van der Waals surface area contributed by atoms with Crippen LogP contribution in [0, 0.1) is 17.5 Å². The van der Waals surface area contributed by atoms with Gasteiger partial charge in [0.25, 0.3) is 0 Å². The Labute approximate surface area is 739 Å². The number of amides is 3. The number of carbonyl (C=O) groups excluding carboxylic acids is 3. The molecule has 0 aliphatic carbocycles.